The van der Waals surface area contributed by atoms with Crippen molar-refractivity contribution in [1.82, 2.24) is 5.32 Å². The van der Waals surface area contributed by atoms with Crippen LogP contribution < -0.4 is 10.1 Å². The van der Waals surface area contributed by atoms with E-state index < -0.39 is 0 Å². The van der Waals surface area contributed by atoms with E-state index in [0.29, 0.717) is 17.9 Å². The van der Waals surface area contributed by atoms with E-state index in [1.807, 2.05) is 19.1 Å². The normalized spacial score (nSPS) is 12.0. The van der Waals surface area contributed by atoms with Crippen molar-refractivity contribution in [3.63, 3.8) is 0 Å². The van der Waals surface area contributed by atoms with Crippen molar-refractivity contribution < 1.29 is 14.3 Å². The third-order valence-electron chi connectivity index (χ3n) is 3.23. The molecule has 2 rings (SSSR count). The van der Waals surface area contributed by atoms with Gasteiger partial charge in [-0.25, -0.2) is 0 Å². The van der Waals surface area contributed by atoms with Crippen LogP contribution in [0.2, 0.25) is 0 Å². The number of hydrogen-bond donors (Lipinski definition) is 1. The Bertz CT molecular complexity index is 657. The van der Waals surface area contributed by atoms with Crippen LogP contribution in [-0.4, -0.2) is 26.7 Å². The van der Waals surface area contributed by atoms with Crippen LogP contribution in [0.1, 0.15) is 26.2 Å². The Morgan fingerprint density at radius 2 is 2.09 bits per heavy atom. The van der Waals surface area contributed by atoms with Crippen LogP contribution in [0.3, 0.4) is 0 Å². The zero-order valence-corrected chi connectivity index (χ0v) is 15.1. The summed E-state index contributed by atoms with van der Waals surface area (Å²) >= 11 is 5.06. The first kappa shape index (κ1) is 17.0. The minimum Gasteiger partial charge on any atom is -0.497 e. The van der Waals surface area contributed by atoms with E-state index in [4.69, 9.17) is 9.47 Å². The molecule has 1 aromatic heterocycles. The molecule has 0 bridgehead atoms. The fraction of sp³-hybridized carbons (Fsp3) is 0.312. The van der Waals surface area contributed by atoms with Gasteiger partial charge >= 0.3 is 0 Å². The maximum Gasteiger partial charge on any atom is 0.252 e. The first-order valence-corrected chi connectivity index (χ1v) is 8.37. The molecule has 2 aromatic rings. The molecule has 1 aromatic carbocycles. The molecule has 1 heterocycles. The standard InChI is InChI=1S/C16H18BrNO3S/c1-10-4-7-15(22-10)14(21-3)9-18-16(19)12-8-11(20-2)5-6-13(12)17/h4-8,14H,9H2,1-3H3,(H,18,19). The minimum absolute atomic E-state index is 0.146. The Morgan fingerprint density at radius 3 is 2.68 bits per heavy atom. The molecule has 1 unspecified atom stereocenters. The smallest absolute Gasteiger partial charge is 0.252 e. The molecular weight excluding hydrogens is 366 g/mol. The highest BCUT2D eigenvalue weighted by Gasteiger charge is 2.16. The summed E-state index contributed by atoms with van der Waals surface area (Å²) in [6, 6.07) is 9.38. The Morgan fingerprint density at radius 1 is 1.32 bits per heavy atom. The zero-order valence-electron chi connectivity index (χ0n) is 12.7. The number of carbonyl (C=O) groups is 1. The quantitative estimate of drug-likeness (QED) is 0.821. The van der Waals surface area contributed by atoms with Crippen molar-refractivity contribution in [3.8, 4) is 5.75 Å². The lowest BCUT2D eigenvalue weighted by atomic mass is 10.2. The van der Waals surface area contributed by atoms with Gasteiger partial charge in [0.1, 0.15) is 11.9 Å². The number of methoxy groups -OCH3 is 2. The Balaban J connectivity index is 2.05. The number of halogens is 1. The number of thiophene rings is 1. The summed E-state index contributed by atoms with van der Waals surface area (Å²) < 4.78 is 11.4. The molecule has 1 amide bonds. The molecular formula is C16H18BrNO3S. The van der Waals surface area contributed by atoms with Gasteiger partial charge in [-0.2, -0.15) is 0 Å². The monoisotopic (exact) mass is 383 g/mol. The second-order valence-electron chi connectivity index (χ2n) is 4.73. The van der Waals surface area contributed by atoms with E-state index in [9.17, 15) is 4.79 Å². The Kier molecular flexibility index (Phi) is 5.99. The molecule has 0 saturated heterocycles. The molecule has 0 aliphatic heterocycles. The van der Waals surface area contributed by atoms with Gasteiger partial charge in [0, 0.05) is 27.9 Å². The molecule has 0 saturated carbocycles. The largest absolute Gasteiger partial charge is 0.497 e. The zero-order chi connectivity index (χ0) is 16.1. The molecule has 0 radical (unpaired) electrons. The highest BCUT2D eigenvalue weighted by atomic mass is 79.9. The van der Waals surface area contributed by atoms with Crippen LogP contribution in [-0.2, 0) is 4.74 Å². The maximum absolute atomic E-state index is 12.3. The predicted octanol–water partition coefficient (Wildman–Crippen LogP) is 3.95. The summed E-state index contributed by atoms with van der Waals surface area (Å²) in [6.45, 7) is 2.46. The van der Waals surface area contributed by atoms with Crippen LogP contribution in [0.5, 0.6) is 5.75 Å². The fourth-order valence-corrected chi connectivity index (χ4v) is 3.39. The first-order chi connectivity index (χ1) is 10.5. The van der Waals surface area contributed by atoms with Crippen LogP contribution in [0.4, 0.5) is 0 Å². The number of nitrogens with one attached hydrogen (secondary N) is 1. The van der Waals surface area contributed by atoms with Gasteiger partial charge in [-0.3, -0.25) is 4.79 Å². The predicted molar refractivity (Wildman–Crippen MR) is 91.8 cm³/mol. The number of aryl methyl sites for hydroxylation is 1. The summed E-state index contributed by atoms with van der Waals surface area (Å²) in [7, 11) is 3.22. The Hall–Kier alpha value is -1.37. The SMILES string of the molecule is COc1ccc(Br)c(C(=O)NCC(OC)c2ccc(C)s2)c1. The first-order valence-electron chi connectivity index (χ1n) is 6.76. The van der Waals surface area contributed by atoms with Gasteiger partial charge in [0.05, 0.1) is 12.7 Å². The van der Waals surface area contributed by atoms with Crippen molar-refractivity contribution in [2.24, 2.45) is 0 Å². The van der Waals surface area contributed by atoms with Gasteiger partial charge in [-0.15, -0.1) is 11.3 Å². The van der Waals surface area contributed by atoms with Crippen molar-refractivity contribution in [3.05, 3.63) is 50.1 Å². The minimum atomic E-state index is -0.166. The van der Waals surface area contributed by atoms with Crippen LogP contribution in [0, 0.1) is 6.92 Å². The third kappa shape index (κ3) is 4.09. The molecule has 1 N–H and O–H groups in total. The fourth-order valence-electron chi connectivity index (χ4n) is 2.01. The van der Waals surface area contributed by atoms with Gasteiger partial charge in [0.15, 0.2) is 0 Å². The summed E-state index contributed by atoms with van der Waals surface area (Å²) in [5.41, 5.74) is 0.538. The second-order valence-corrected chi connectivity index (χ2v) is 6.90. The van der Waals surface area contributed by atoms with Gasteiger partial charge in [-0.05, 0) is 53.2 Å². The number of hydrogen-bond acceptors (Lipinski definition) is 4. The summed E-state index contributed by atoms with van der Waals surface area (Å²) in [6.07, 6.45) is -0.146. The van der Waals surface area contributed by atoms with E-state index in [1.54, 1.807) is 43.8 Å². The van der Waals surface area contributed by atoms with Gasteiger partial charge in [-0.1, -0.05) is 0 Å². The molecule has 1 atom stereocenters. The van der Waals surface area contributed by atoms with Gasteiger partial charge in [0.2, 0.25) is 0 Å². The maximum atomic E-state index is 12.3. The van der Waals surface area contributed by atoms with E-state index in [0.717, 1.165) is 9.35 Å². The lowest BCUT2D eigenvalue weighted by Crippen LogP contribution is -2.29. The van der Waals surface area contributed by atoms with E-state index in [1.165, 1.54) is 4.88 Å². The molecule has 0 fully saturated rings. The third-order valence-corrected chi connectivity index (χ3v) is 5.01. The van der Waals surface area contributed by atoms with Crippen molar-refractivity contribution in [2.75, 3.05) is 20.8 Å². The molecule has 0 spiro atoms. The van der Waals surface area contributed by atoms with E-state index in [2.05, 4.69) is 21.2 Å². The topological polar surface area (TPSA) is 47.6 Å². The molecule has 0 aliphatic carbocycles. The molecule has 0 aliphatic rings. The molecule has 118 valence electrons. The van der Waals surface area contributed by atoms with Crippen molar-refractivity contribution >= 4 is 33.2 Å². The average Bonchev–Trinajstić information content (AvgIpc) is 2.94. The van der Waals surface area contributed by atoms with E-state index in [-0.39, 0.29) is 12.0 Å². The van der Waals surface area contributed by atoms with Crippen molar-refractivity contribution in [2.45, 2.75) is 13.0 Å². The molecule has 22 heavy (non-hydrogen) atoms. The van der Waals surface area contributed by atoms with Crippen molar-refractivity contribution in [1.29, 1.82) is 0 Å². The lowest BCUT2D eigenvalue weighted by molar-refractivity contribution is 0.0837. The Labute approximate surface area is 142 Å². The summed E-state index contributed by atoms with van der Waals surface area (Å²) in [5.74, 6) is 0.478. The average molecular weight is 384 g/mol. The number of amides is 1. The highest BCUT2D eigenvalue weighted by molar-refractivity contribution is 9.10. The van der Waals surface area contributed by atoms with Crippen LogP contribution in [0.25, 0.3) is 0 Å². The highest BCUT2D eigenvalue weighted by Crippen LogP contribution is 2.25. The number of rotatable bonds is 6. The van der Waals surface area contributed by atoms with Gasteiger partial charge in [0.25, 0.3) is 5.91 Å². The number of carbonyl (C=O) groups excluding carboxylic acids is 1. The summed E-state index contributed by atoms with van der Waals surface area (Å²) in [4.78, 5) is 14.7. The lowest BCUT2D eigenvalue weighted by Gasteiger charge is -2.15. The number of ether oxygens (including phenoxy) is 2. The van der Waals surface area contributed by atoms with Gasteiger partial charge < -0.3 is 14.8 Å². The van der Waals surface area contributed by atoms with E-state index >= 15 is 0 Å². The second kappa shape index (κ2) is 7.76. The summed E-state index contributed by atoms with van der Waals surface area (Å²) in [5, 5.41) is 2.91. The molecule has 4 nitrogen and oxygen atoms in total. The number of benzene rings is 1. The van der Waals surface area contributed by atoms with Crippen LogP contribution in [0.15, 0.2) is 34.8 Å². The van der Waals surface area contributed by atoms with Crippen LogP contribution >= 0.6 is 27.3 Å². The molecule has 6 heteroatoms.